The van der Waals surface area contributed by atoms with Crippen LogP contribution in [-0.2, 0) is 12.8 Å². The first-order valence-corrected chi connectivity index (χ1v) is 14.0. The Morgan fingerprint density at radius 1 is 0.487 bits per heavy atom. The van der Waals surface area contributed by atoms with E-state index in [0.29, 0.717) is 0 Å². The molecule has 0 aromatic heterocycles. The van der Waals surface area contributed by atoms with E-state index in [9.17, 15) is 0 Å². The van der Waals surface area contributed by atoms with Crippen molar-refractivity contribution in [1.29, 1.82) is 0 Å². The lowest BCUT2D eigenvalue weighted by molar-refractivity contribution is 0.262. The smallest absolute Gasteiger partial charge is 0.122 e. The maximum atomic E-state index is 6.16. The van der Waals surface area contributed by atoms with Gasteiger partial charge in [-0.2, -0.15) is 0 Å². The van der Waals surface area contributed by atoms with Gasteiger partial charge < -0.3 is 14.4 Å². The van der Waals surface area contributed by atoms with Crippen molar-refractivity contribution < 1.29 is 9.47 Å². The molecule has 0 N–H and O–H groups in total. The molecule has 0 saturated heterocycles. The standard InChI is InChI=1S/C35H41NO2.ClH/c1-36(24-12-14-26-37-34-22-10-8-20-32(34)28-30-16-4-2-5-17-30)25-13-15-27-38-35-23-11-9-21-33(35)29-31-18-6-3-7-19-31;/h2-11,16-23H,12-15,24-29H2,1H3;1H. The van der Waals surface area contributed by atoms with Crippen molar-refractivity contribution in [3.05, 3.63) is 131 Å². The fourth-order valence-corrected chi connectivity index (χ4v) is 4.66. The van der Waals surface area contributed by atoms with Crippen molar-refractivity contribution in [3.63, 3.8) is 0 Å². The van der Waals surface area contributed by atoms with Gasteiger partial charge in [0.2, 0.25) is 0 Å². The van der Waals surface area contributed by atoms with Crippen molar-refractivity contribution in [2.75, 3.05) is 33.4 Å². The van der Waals surface area contributed by atoms with E-state index in [1.54, 1.807) is 0 Å². The number of rotatable bonds is 16. The second kappa shape index (κ2) is 17.3. The minimum atomic E-state index is 0. The maximum absolute atomic E-state index is 6.16. The summed E-state index contributed by atoms with van der Waals surface area (Å²) in [6, 6.07) is 38.0. The lowest BCUT2D eigenvalue weighted by atomic mass is 10.0. The third kappa shape index (κ3) is 10.8. The number of halogens is 1. The van der Waals surface area contributed by atoms with Crippen LogP contribution >= 0.6 is 12.4 Å². The van der Waals surface area contributed by atoms with Crippen molar-refractivity contribution >= 4 is 12.4 Å². The summed E-state index contributed by atoms with van der Waals surface area (Å²) in [6.07, 6.45) is 6.21. The molecule has 39 heavy (non-hydrogen) atoms. The quantitative estimate of drug-likeness (QED) is 0.133. The monoisotopic (exact) mass is 543 g/mol. The molecular formula is C35H42ClNO2. The average molecular weight is 544 g/mol. The Hall–Kier alpha value is -3.27. The van der Waals surface area contributed by atoms with Gasteiger partial charge in [0.25, 0.3) is 0 Å². The SMILES string of the molecule is CN(CCCCOc1ccccc1Cc1ccccc1)CCCCOc1ccccc1Cc1ccccc1.Cl. The summed E-state index contributed by atoms with van der Waals surface area (Å²) in [5.74, 6) is 2.02. The molecule has 0 atom stereocenters. The molecule has 0 fully saturated rings. The van der Waals surface area contributed by atoms with Crippen LogP contribution in [0.25, 0.3) is 0 Å². The summed E-state index contributed by atoms with van der Waals surface area (Å²) in [4.78, 5) is 2.42. The minimum Gasteiger partial charge on any atom is -0.493 e. The van der Waals surface area contributed by atoms with E-state index in [4.69, 9.17) is 9.47 Å². The van der Waals surface area contributed by atoms with Crippen LogP contribution in [0.3, 0.4) is 0 Å². The fraction of sp³-hybridized carbons (Fsp3) is 0.314. The molecular weight excluding hydrogens is 502 g/mol. The van der Waals surface area contributed by atoms with E-state index in [-0.39, 0.29) is 12.4 Å². The highest BCUT2D eigenvalue weighted by atomic mass is 35.5. The van der Waals surface area contributed by atoms with E-state index in [1.165, 1.54) is 22.3 Å². The van der Waals surface area contributed by atoms with Gasteiger partial charge in [0.1, 0.15) is 11.5 Å². The number of benzene rings is 4. The minimum absolute atomic E-state index is 0. The molecule has 0 aliphatic heterocycles. The van der Waals surface area contributed by atoms with Crippen LogP contribution in [0.2, 0.25) is 0 Å². The third-order valence-corrected chi connectivity index (χ3v) is 6.80. The van der Waals surface area contributed by atoms with Crippen LogP contribution in [0.5, 0.6) is 11.5 Å². The van der Waals surface area contributed by atoms with Crippen molar-refractivity contribution in [2.45, 2.75) is 38.5 Å². The maximum Gasteiger partial charge on any atom is 0.122 e. The number of ether oxygens (including phenoxy) is 2. The van der Waals surface area contributed by atoms with Gasteiger partial charge in [-0.25, -0.2) is 0 Å². The van der Waals surface area contributed by atoms with Crippen molar-refractivity contribution in [1.82, 2.24) is 4.90 Å². The predicted octanol–water partition coefficient (Wildman–Crippen LogP) is 8.24. The predicted molar refractivity (Wildman–Crippen MR) is 166 cm³/mol. The fourth-order valence-electron chi connectivity index (χ4n) is 4.66. The zero-order chi connectivity index (χ0) is 26.3. The molecule has 0 aliphatic rings. The van der Waals surface area contributed by atoms with Gasteiger partial charge in [0.15, 0.2) is 0 Å². The Bertz CT molecular complexity index is 1100. The zero-order valence-electron chi connectivity index (χ0n) is 23.1. The van der Waals surface area contributed by atoms with Crippen LogP contribution < -0.4 is 9.47 Å². The molecule has 0 unspecified atom stereocenters. The number of para-hydroxylation sites is 2. The summed E-state index contributed by atoms with van der Waals surface area (Å²) in [6.45, 7) is 3.71. The molecule has 0 amide bonds. The number of nitrogens with zero attached hydrogens (tertiary/aromatic N) is 1. The van der Waals surface area contributed by atoms with Gasteiger partial charge in [-0.1, -0.05) is 97.1 Å². The van der Waals surface area contributed by atoms with Gasteiger partial charge in [-0.15, -0.1) is 12.4 Å². The lowest BCUT2D eigenvalue weighted by Gasteiger charge is -2.17. The van der Waals surface area contributed by atoms with Crippen LogP contribution in [0, 0.1) is 0 Å². The van der Waals surface area contributed by atoms with Crippen molar-refractivity contribution in [3.8, 4) is 11.5 Å². The van der Waals surface area contributed by atoms with Crippen LogP contribution in [0.15, 0.2) is 109 Å². The molecule has 4 aromatic rings. The molecule has 0 saturated carbocycles. The summed E-state index contributed by atoms with van der Waals surface area (Å²) in [5, 5.41) is 0. The molecule has 0 aliphatic carbocycles. The van der Waals surface area contributed by atoms with E-state index < -0.39 is 0 Å². The number of unbranched alkanes of at least 4 members (excludes halogenated alkanes) is 2. The first-order valence-electron chi connectivity index (χ1n) is 14.0. The first-order chi connectivity index (χ1) is 18.8. The summed E-state index contributed by atoms with van der Waals surface area (Å²) >= 11 is 0. The summed E-state index contributed by atoms with van der Waals surface area (Å²) in [7, 11) is 2.21. The van der Waals surface area contributed by atoms with E-state index in [0.717, 1.165) is 76.3 Å². The first kappa shape index (κ1) is 30.3. The molecule has 4 heteroatoms. The van der Waals surface area contributed by atoms with Gasteiger partial charge in [-0.05, 0) is 80.2 Å². The largest absolute Gasteiger partial charge is 0.493 e. The Kier molecular flexibility index (Phi) is 13.5. The second-order valence-electron chi connectivity index (χ2n) is 9.95. The van der Waals surface area contributed by atoms with Gasteiger partial charge in [-0.3, -0.25) is 0 Å². The number of hydrogen-bond acceptors (Lipinski definition) is 3. The second-order valence-corrected chi connectivity index (χ2v) is 9.95. The molecule has 0 heterocycles. The van der Waals surface area contributed by atoms with Crippen LogP contribution in [0.1, 0.15) is 47.9 Å². The highest BCUT2D eigenvalue weighted by molar-refractivity contribution is 5.85. The Balaban J connectivity index is 0.00000420. The highest BCUT2D eigenvalue weighted by Gasteiger charge is 2.06. The van der Waals surface area contributed by atoms with Crippen LogP contribution in [0.4, 0.5) is 0 Å². The summed E-state index contributed by atoms with van der Waals surface area (Å²) in [5.41, 5.74) is 5.13. The topological polar surface area (TPSA) is 21.7 Å². The zero-order valence-corrected chi connectivity index (χ0v) is 24.0. The highest BCUT2D eigenvalue weighted by Crippen LogP contribution is 2.23. The molecule has 0 bridgehead atoms. The van der Waals surface area contributed by atoms with E-state index in [1.807, 2.05) is 0 Å². The summed E-state index contributed by atoms with van der Waals surface area (Å²) < 4.78 is 12.3. The molecule has 206 valence electrons. The van der Waals surface area contributed by atoms with Crippen molar-refractivity contribution in [2.24, 2.45) is 0 Å². The molecule has 4 aromatic carbocycles. The molecule has 4 rings (SSSR count). The third-order valence-electron chi connectivity index (χ3n) is 6.80. The van der Waals surface area contributed by atoms with Crippen LogP contribution in [-0.4, -0.2) is 38.3 Å². The van der Waals surface area contributed by atoms with Gasteiger partial charge in [0, 0.05) is 12.8 Å². The molecule has 0 radical (unpaired) electrons. The Morgan fingerprint density at radius 2 is 0.872 bits per heavy atom. The van der Waals surface area contributed by atoms with E-state index >= 15 is 0 Å². The molecule has 3 nitrogen and oxygen atoms in total. The Morgan fingerprint density at radius 3 is 1.31 bits per heavy atom. The number of hydrogen-bond donors (Lipinski definition) is 0. The van der Waals surface area contributed by atoms with E-state index in [2.05, 4.69) is 121 Å². The van der Waals surface area contributed by atoms with Gasteiger partial charge >= 0.3 is 0 Å². The normalized spacial score (nSPS) is 10.7. The average Bonchev–Trinajstić information content (AvgIpc) is 2.95. The lowest BCUT2D eigenvalue weighted by Crippen LogP contribution is -2.21. The van der Waals surface area contributed by atoms with Gasteiger partial charge in [0.05, 0.1) is 13.2 Å². The molecule has 0 spiro atoms. The Labute approximate surface area is 241 Å².